The van der Waals surface area contributed by atoms with E-state index in [-0.39, 0.29) is 62.1 Å². The van der Waals surface area contributed by atoms with Crippen molar-refractivity contribution in [2.24, 2.45) is 23.3 Å². The number of rotatable bonds is 28. The van der Waals surface area contributed by atoms with Crippen molar-refractivity contribution in [3.8, 4) is 11.1 Å². The second kappa shape index (κ2) is 25.5. The molecule has 2 amide bonds. The van der Waals surface area contributed by atoms with Crippen LogP contribution in [-0.2, 0) is 33.5 Å². The van der Waals surface area contributed by atoms with Gasteiger partial charge >= 0.3 is 6.09 Å². The molecule has 2 aromatic rings. The highest BCUT2D eigenvalue weighted by molar-refractivity contribution is 6.42. The predicted octanol–water partition coefficient (Wildman–Crippen LogP) is 1.84. The third-order valence-corrected chi connectivity index (χ3v) is 13.4. The molecular formula is C49H74N10O8. The van der Waals surface area contributed by atoms with E-state index in [1.54, 1.807) is 23.9 Å². The second-order valence-electron chi connectivity index (χ2n) is 18.7. The van der Waals surface area contributed by atoms with Gasteiger partial charge in [-0.15, -0.1) is 0 Å². The molecule has 2 aliphatic heterocycles. The number of nitrogens with two attached hydrogens (primary N) is 2. The summed E-state index contributed by atoms with van der Waals surface area (Å²) in [7, 11) is 1.68. The van der Waals surface area contributed by atoms with Gasteiger partial charge in [0.25, 0.3) is 0 Å². The molecule has 2 saturated heterocycles. The third-order valence-electron chi connectivity index (χ3n) is 13.4. The number of amides is 2. The van der Waals surface area contributed by atoms with Crippen LogP contribution in [0.1, 0.15) is 103 Å². The molecule has 10 N–H and O–H groups in total. The van der Waals surface area contributed by atoms with Crippen LogP contribution < -0.4 is 43.5 Å². The van der Waals surface area contributed by atoms with Crippen LogP contribution in [0.5, 0.6) is 0 Å². The number of alkyl carbamates (subject to hydrolysis) is 1. The first-order valence-electron chi connectivity index (χ1n) is 24.1. The van der Waals surface area contributed by atoms with E-state index >= 15 is 0 Å². The monoisotopic (exact) mass is 931 g/mol. The van der Waals surface area contributed by atoms with Crippen LogP contribution in [-0.4, -0.2) is 140 Å². The van der Waals surface area contributed by atoms with E-state index in [9.17, 15) is 33.6 Å². The van der Waals surface area contributed by atoms with Gasteiger partial charge in [-0.05, 0) is 106 Å². The Morgan fingerprint density at radius 2 is 1.42 bits per heavy atom. The van der Waals surface area contributed by atoms with Crippen LogP contribution in [0.4, 0.5) is 4.79 Å². The molecule has 0 aromatic heterocycles. The lowest BCUT2D eigenvalue weighted by Crippen LogP contribution is -2.59. The molecule has 7 atom stereocenters. The second-order valence-corrected chi connectivity index (χ2v) is 18.7. The molecule has 0 saturated carbocycles. The summed E-state index contributed by atoms with van der Waals surface area (Å²) >= 11 is 0. The fourth-order valence-corrected chi connectivity index (χ4v) is 9.46. The minimum Gasteiger partial charge on any atom is -0.449 e. The van der Waals surface area contributed by atoms with Gasteiger partial charge in [0.1, 0.15) is 12.9 Å². The summed E-state index contributed by atoms with van der Waals surface area (Å²) in [6, 6.07) is 11.1. The Labute approximate surface area is 395 Å². The lowest BCUT2D eigenvalue weighted by molar-refractivity contribution is -0.144. The average Bonchev–Trinajstić information content (AvgIpc) is 4.05. The summed E-state index contributed by atoms with van der Waals surface area (Å²) in [5.74, 6) is -3.43. The van der Waals surface area contributed by atoms with Gasteiger partial charge in [0.2, 0.25) is 29.0 Å². The van der Waals surface area contributed by atoms with Crippen LogP contribution in [0.2, 0.25) is 0 Å². The topological polar surface area (TPSA) is 259 Å². The van der Waals surface area contributed by atoms with E-state index in [1.807, 2.05) is 64.1 Å². The summed E-state index contributed by atoms with van der Waals surface area (Å²) in [5, 5.41) is 16.1. The van der Waals surface area contributed by atoms with E-state index in [0.29, 0.717) is 51.7 Å². The average molecular weight is 931 g/mol. The van der Waals surface area contributed by atoms with Crippen molar-refractivity contribution in [1.29, 1.82) is 0 Å². The number of fused-ring (bicyclic) bond motifs is 3. The van der Waals surface area contributed by atoms with Gasteiger partial charge in [0.05, 0.1) is 49.5 Å². The molecule has 2 heterocycles. The highest BCUT2D eigenvalue weighted by atomic mass is 16.5. The van der Waals surface area contributed by atoms with E-state index in [4.69, 9.17) is 16.2 Å². The number of likely N-dealkylation sites (tertiary alicyclic amines) is 1. The maximum atomic E-state index is 14.2. The molecule has 1 unspecified atom stereocenters. The Bertz CT molecular complexity index is 2000. The van der Waals surface area contributed by atoms with Gasteiger partial charge in [0, 0.05) is 12.5 Å². The van der Waals surface area contributed by atoms with Crippen molar-refractivity contribution < 1.29 is 38.3 Å². The van der Waals surface area contributed by atoms with Crippen LogP contribution in [0, 0.1) is 11.8 Å². The smallest absolute Gasteiger partial charge is 0.408 e. The SMILES string of the molecule is CC[C@H](C)C(NC)C(=O)N[C@@H](CC(C)C)C(=O)C(=O)[C@H](CCCNC(N)N)NN1CCC[C@H]1C(=O)C(=O)[C@@H]1CCCN1CC(=O)[C@H](C)NCNC(=O)OCC1c2ccccc2-c2ccccc21. The van der Waals surface area contributed by atoms with Gasteiger partial charge in [-0.25, -0.2) is 15.2 Å². The predicted molar refractivity (Wildman–Crippen MR) is 255 cm³/mol. The van der Waals surface area contributed by atoms with E-state index in [0.717, 1.165) is 28.7 Å². The summed E-state index contributed by atoms with van der Waals surface area (Å²) < 4.78 is 5.61. The van der Waals surface area contributed by atoms with E-state index < -0.39 is 71.8 Å². The van der Waals surface area contributed by atoms with Gasteiger partial charge in [-0.2, -0.15) is 0 Å². The van der Waals surface area contributed by atoms with Crippen molar-refractivity contribution in [3.63, 3.8) is 0 Å². The molecule has 0 bridgehead atoms. The minimum atomic E-state index is -1.07. The molecule has 3 aliphatic rings. The molecule has 18 nitrogen and oxygen atoms in total. The molecule has 368 valence electrons. The number of hydrogen-bond donors (Lipinski definition) is 8. The largest absolute Gasteiger partial charge is 0.449 e. The molecule has 2 fully saturated rings. The van der Waals surface area contributed by atoms with E-state index in [2.05, 4.69) is 44.1 Å². The highest BCUT2D eigenvalue weighted by Gasteiger charge is 2.43. The lowest BCUT2D eigenvalue weighted by Gasteiger charge is -2.31. The van der Waals surface area contributed by atoms with Gasteiger partial charge in [-0.3, -0.25) is 44.3 Å². The minimum absolute atomic E-state index is 0.0180. The Morgan fingerprint density at radius 1 is 0.806 bits per heavy atom. The highest BCUT2D eigenvalue weighted by Crippen LogP contribution is 2.44. The molecule has 2 aromatic carbocycles. The quantitative estimate of drug-likeness (QED) is 0.0344. The number of nitrogens with one attached hydrogen (secondary N) is 6. The Balaban J connectivity index is 1.15. The molecular weight excluding hydrogens is 857 g/mol. The molecule has 5 rings (SSSR count). The fourth-order valence-electron chi connectivity index (χ4n) is 9.46. The maximum absolute atomic E-state index is 14.2. The van der Waals surface area contributed by atoms with Crippen molar-refractivity contribution >= 4 is 40.9 Å². The lowest BCUT2D eigenvalue weighted by atomic mass is 9.92. The molecule has 0 radical (unpaired) electrons. The van der Waals surface area contributed by atoms with Gasteiger partial charge in [0.15, 0.2) is 5.78 Å². The van der Waals surface area contributed by atoms with Crippen LogP contribution in [0.25, 0.3) is 11.1 Å². The van der Waals surface area contributed by atoms with Crippen LogP contribution in [0.3, 0.4) is 0 Å². The number of Topliss-reactive ketones (excluding diaryl/α,β-unsaturated/α-hetero) is 5. The summed E-state index contributed by atoms with van der Waals surface area (Å²) in [4.78, 5) is 97.5. The number of benzene rings is 2. The number of hydrogen-bond acceptors (Lipinski definition) is 16. The number of ketones is 5. The number of ether oxygens (including phenoxy) is 1. The molecule has 67 heavy (non-hydrogen) atoms. The van der Waals surface area contributed by atoms with Crippen LogP contribution in [0.15, 0.2) is 48.5 Å². The van der Waals surface area contributed by atoms with Gasteiger partial charge < -0.3 is 32.2 Å². The Hall–Kier alpha value is -4.79. The first-order valence-corrected chi connectivity index (χ1v) is 24.1. The number of likely N-dealkylation sites (N-methyl/N-ethyl adjacent to an activating group) is 1. The Morgan fingerprint density at radius 3 is 2.04 bits per heavy atom. The number of carbonyl (C=O) groups is 7. The fraction of sp³-hybridized carbons (Fsp3) is 0.612. The first kappa shape index (κ1) is 53.2. The van der Waals surface area contributed by atoms with Crippen LogP contribution >= 0.6 is 0 Å². The van der Waals surface area contributed by atoms with Crippen molar-refractivity contribution in [3.05, 3.63) is 59.7 Å². The normalized spacial score (nSPS) is 19.6. The standard InChI is InChI=1S/C49H74N10O8/c1-7-30(4)42(52-6)47(65)56-38(25-29(2)3)44(62)43(61)37(19-12-22-53-48(50)51)57-59-24-14-21-40(59)46(64)45(63)39-20-13-23-58(39)26-41(60)31(5)54-28-55-49(66)67-27-36-34-17-10-8-15-32(34)33-16-9-11-18-35(33)36/h8-11,15-18,29-31,36-40,42,48,52-54,57H,7,12-14,19-28,50-51H2,1-6H3,(H,55,66)(H,56,65)/t30-,31-,37-,38-,39-,40-,42?/m0/s1. The first-order chi connectivity index (χ1) is 32.1. The Kier molecular flexibility index (Phi) is 20.3. The van der Waals surface area contributed by atoms with E-state index in [1.165, 1.54) is 0 Å². The summed E-state index contributed by atoms with van der Waals surface area (Å²) in [5.41, 5.74) is 19.0. The van der Waals surface area contributed by atoms with Crippen molar-refractivity contribution in [1.82, 2.24) is 41.9 Å². The van der Waals surface area contributed by atoms with Gasteiger partial charge in [-0.1, -0.05) is 82.6 Å². The zero-order valence-electron chi connectivity index (χ0n) is 40.1. The molecule has 1 aliphatic carbocycles. The van der Waals surface area contributed by atoms with Crippen molar-refractivity contribution in [2.45, 2.75) is 134 Å². The number of nitrogens with zero attached hydrogens (tertiary/aromatic N) is 2. The maximum Gasteiger partial charge on any atom is 0.408 e. The summed E-state index contributed by atoms with van der Waals surface area (Å²) in [6.45, 7) is 10.6. The number of hydrazine groups is 1. The van der Waals surface area contributed by atoms with Crippen molar-refractivity contribution in [2.75, 3.05) is 46.5 Å². The third kappa shape index (κ3) is 14.1. The molecule has 18 heteroatoms. The zero-order chi connectivity index (χ0) is 48.8. The summed E-state index contributed by atoms with van der Waals surface area (Å²) in [6.07, 6.45) is 2.08. The zero-order valence-corrected chi connectivity index (χ0v) is 40.1. The molecule has 0 spiro atoms. The number of carbonyl (C=O) groups excluding carboxylic acids is 7.